The molecule has 1 spiro atoms. The van der Waals surface area contributed by atoms with Crippen molar-refractivity contribution in [2.45, 2.75) is 17.8 Å². The Kier molecular flexibility index (Phi) is 8.53. The number of benzene rings is 8. The van der Waals surface area contributed by atoms with Gasteiger partial charge in [-0.15, -0.1) is 0 Å². The van der Waals surface area contributed by atoms with Crippen molar-refractivity contribution in [1.29, 1.82) is 0 Å². The van der Waals surface area contributed by atoms with E-state index in [0.29, 0.717) is 5.82 Å². The number of fused-ring (bicyclic) bond motifs is 9. The average molecular weight is 793 g/mol. The van der Waals surface area contributed by atoms with Gasteiger partial charge >= 0.3 is 0 Å². The molecule has 0 amide bonds. The van der Waals surface area contributed by atoms with Crippen LogP contribution in [-0.4, -0.2) is 9.97 Å². The van der Waals surface area contributed by atoms with E-state index in [1.165, 1.54) is 39.0 Å². The molecule has 12 rings (SSSR count). The van der Waals surface area contributed by atoms with Crippen molar-refractivity contribution in [2.75, 3.05) is 0 Å². The highest BCUT2D eigenvalue weighted by Crippen LogP contribution is 2.63. The van der Waals surface area contributed by atoms with E-state index in [0.717, 1.165) is 68.3 Å². The lowest BCUT2D eigenvalue weighted by atomic mass is 9.65. The van der Waals surface area contributed by atoms with Crippen molar-refractivity contribution in [3.63, 3.8) is 0 Å². The zero-order valence-electron chi connectivity index (χ0n) is 33.9. The van der Waals surface area contributed by atoms with E-state index in [1.54, 1.807) is 0 Å². The van der Waals surface area contributed by atoms with E-state index in [1.807, 2.05) is 0 Å². The van der Waals surface area contributed by atoms with Crippen LogP contribution in [0.15, 0.2) is 224 Å². The van der Waals surface area contributed by atoms with Crippen LogP contribution in [0.3, 0.4) is 0 Å². The smallest absolute Gasteiger partial charge is 0.160 e. The molecule has 62 heavy (non-hydrogen) atoms. The molecule has 1 atom stereocenters. The van der Waals surface area contributed by atoms with Gasteiger partial charge in [-0.1, -0.05) is 206 Å². The van der Waals surface area contributed by atoms with Crippen molar-refractivity contribution in [3.8, 4) is 67.5 Å². The Hall–Kier alpha value is -7.88. The Bertz CT molecular complexity index is 3210. The zero-order chi connectivity index (χ0) is 41.0. The van der Waals surface area contributed by atoms with Gasteiger partial charge in [0, 0.05) is 33.7 Å². The Morgan fingerprint density at radius 3 is 1.76 bits per heavy atom. The number of hydrogen-bond acceptors (Lipinski definition) is 3. The molecular weight excluding hydrogens is 753 g/mol. The van der Waals surface area contributed by atoms with Gasteiger partial charge in [0.05, 0.1) is 16.8 Å². The summed E-state index contributed by atoms with van der Waals surface area (Å²) in [6.07, 6.45) is 7.54. The minimum atomic E-state index is -0.563. The molecule has 0 bridgehead atoms. The highest BCUT2D eigenvalue weighted by molar-refractivity contribution is 5.92. The summed E-state index contributed by atoms with van der Waals surface area (Å²) in [5.74, 6) is 2.46. The van der Waals surface area contributed by atoms with Crippen LogP contribution >= 0.6 is 0 Å². The number of aromatic nitrogens is 2. The average Bonchev–Trinajstić information content (AvgIpc) is 3.65. The lowest BCUT2D eigenvalue weighted by Gasteiger charge is -2.40. The van der Waals surface area contributed by atoms with E-state index in [2.05, 4.69) is 224 Å². The fraction of sp³-hybridized carbons (Fsp3) is 0.0508. The molecule has 1 unspecified atom stereocenters. The fourth-order valence-electron chi connectivity index (χ4n) is 10.2. The largest absolute Gasteiger partial charge is 0.456 e. The first-order valence-electron chi connectivity index (χ1n) is 21.4. The highest BCUT2D eigenvalue weighted by atomic mass is 16.5. The summed E-state index contributed by atoms with van der Waals surface area (Å²) in [4.78, 5) is 11.0. The van der Waals surface area contributed by atoms with Gasteiger partial charge in [-0.25, -0.2) is 9.97 Å². The van der Waals surface area contributed by atoms with Gasteiger partial charge in [-0.2, -0.15) is 0 Å². The minimum absolute atomic E-state index is 0.0619. The summed E-state index contributed by atoms with van der Waals surface area (Å²) in [7, 11) is 0. The molecule has 0 radical (unpaired) electrons. The quantitative estimate of drug-likeness (QED) is 0.168. The molecule has 292 valence electrons. The van der Waals surface area contributed by atoms with Gasteiger partial charge in [0.25, 0.3) is 0 Å². The number of rotatable bonds is 6. The lowest BCUT2D eigenvalue weighted by molar-refractivity contribution is 0.438. The number of hydrogen-bond donors (Lipinski definition) is 0. The zero-order valence-corrected chi connectivity index (χ0v) is 33.9. The lowest BCUT2D eigenvalue weighted by Crippen LogP contribution is -2.32. The molecule has 3 nitrogen and oxygen atoms in total. The predicted octanol–water partition coefficient (Wildman–Crippen LogP) is 14.7. The van der Waals surface area contributed by atoms with Gasteiger partial charge in [0.15, 0.2) is 5.82 Å². The van der Waals surface area contributed by atoms with E-state index < -0.39 is 5.41 Å². The summed E-state index contributed by atoms with van der Waals surface area (Å²) in [5, 5.41) is 0. The highest BCUT2D eigenvalue weighted by Gasteiger charge is 2.51. The normalized spacial score (nSPS) is 15.2. The minimum Gasteiger partial charge on any atom is -0.456 e. The maximum atomic E-state index is 7.14. The SMILES string of the molecule is C1=CC(c2cc(-c3cccc(-c4ccccc4)c3)nc(-c3ccccc3-c3cccc4c3Oc3ccccc3C43c4ccccc4-c4ccccc43)n2)CC(c2ccccc2)=C1. The Morgan fingerprint density at radius 2 is 1.00 bits per heavy atom. The first kappa shape index (κ1) is 36.0. The fourth-order valence-corrected chi connectivity index (χ4v) is 10.2. The summed E-state index contributed by atoms with van der Waals surface area (Å²) in [6, 6.07) is 73.7. The van der Waals surface area contributed by atoms with Crippen molar-refractivity contribution >= 4 is 5.57 Å². The summed E-state index contributed by atoms with van der Waals surface area (Å²) in [6.45, 7) is 0. The second kappa shape index (κ2) is 14.7. The van der Waals surface area contributed by atoms with E-state index in [9.17, 15) is 0 Å². The summed E-state index contributed by atoms with van der Waals surface area (Å²) < 4.78 is 7.14. The van der Waals surface area contributed by atoms with Crippen molar-refractivity contribution in [2.24, 2.45) is 0 Å². The molecule has 1 aromatic heterocycles. The molecule has 1 aliphatic heterocycles. The molecule has 0 fully saturated rings. The second-order valence-electron chi connectivity index (χ2n) is 16.4. The number of para-hydroxylation sites is 2. The van der Waals surface area contributed by atoms with Gasteiger partial charge in [0.1, 0.15) is 11.5 Å². The Morgan fingerprint density at radius 1 is 0.435 bits per heavy atom. The van der Waals surface area contributed by atoms with Crippen LogP contribution in [0.2, 0.25) is 0 Å². The summed E-state index contributed by atoms with van der Waals surface area (Å²) >= 11 is 0. The molecule has 9 aromatic rings. The topological polar surface area (TPSA) is 35.0 Å². The molecule has 2 aliphatic carbocycles. The standard InChI is InChI=1S/C59H40N2O/c1-3-18-39(19-4-1)41-22-15-24-43(36-41)54-38-55(44-25-16-23-42(37-44)40-20-5-2-6-21-40)61-58(60-54)49-29-8-7-26-45(49)48-30-17-34-53-57(48)62-56-35-14-13-33-52(56)59(53)50-31-11-9-27-46(50)47-28-10-12-32-51(47)59/h1-36,38,44H,37H2. The second-order valence-corrected chi connectivity index (χ2v) is 16.4. The molecule has 0 N–H and O–H groups in total. The third-order valence-corrected chi connectivity index (χ3v) is 12.9. The van der Waals surface area contributed by atoms with Crippen LogP contribution in [0.1, 0.15) is 45.8 Å². The van der Waals surface area contributed by atoms with Gasteiger partial charge in [-0.05, 0) is 74.7 Å². The molecule has 2 heterocycles. The summed E-state index contributed by atoms with van der Waals surface area (Å²) in [5.41, 5.74) is 17.5. The molecular formula is C59H40N2O. The van der Waals surface area contributed by atoms with E-state index in [4.69, 9.17) is 14.7 Å². The van der Waals surface area contributed by atoms with Gasteiger partial charge in [0.2, 0.25) is 0 Å². The molecule has 0 saturated heterocycles. The molecule has 0 saturated carbocycles. The Balaban J connectivity index is 1.05. The Labute approximate surface area is 362 Å². The maximum absolute atomic E-state index is 7.14. The maximum Gasteiger partial charge on any atom is 0.160 e. The van der Waals surface area contributed by atoms with Crippen LogP contribution < -0.4 is 4.74 Å². The van der Waals surface area contributed by atoms with Crippen LogP contribution in [0.4, 0.5) is 0 Å². The van der Waals surface area contributed by atoms with Crippen molar-refractivity contribution in [1.82, 2.24) is 9.97 Å². The number of allylic oxidation sites excluding steroid dienone is 4. The van der Waals surface area contributed by atoms with Crippen LogP contribution in [-0.2, 0) is 5.41 Å². The third-order valence-electron chi connectivity index (χ3n) is 12.9. The van der Waals surface area contributed by atoms with Gasteiger partial charge < -0.3 is 4.74 Å². The monoisotopic (exact) mass is 792 g/mol. The van der Waals surface area contributed by atoms with E-state index in [-0.39, 0.29) is 5.92 Å². The van der Waals surface area contributed by atoms with Gasteiger partial charge in [-0.3, -0.25) is 0 Å². The van der Waals surface area contributed by atoms with Crippen LogP contribution in [0, 0.1) is 0 Å². The van der Waals surface area contributed by atoms with Crippen LogP contribution in [0.5, 0.6) is 11.5 Å². The number of nitrogens with zero attached hydrogens (tertiary/aromatic N) is 2. The van der Waals surface area contributed by atoms with Crippen molar-refractivity contribution in [3.05, 3.63) is 258 Å². The molecule has 3 heteroatoms. The molecule has 8 aromatic carbocycles. The van der Waals surface area contributed by atoms with Crippen LogP contribution in [0.25, 0.3) is 61.6 Å². The number of ether oxygens (including phenoxy) is 1. The molecule has 3 aliphatic rings. The predicted molar refractivity (Wildman–Crippen MR) is 252 cm³/mol. The first-order chi connectivity index (χ1) is 30.7. The van der Waals surface area contributed by atoms with E-state index >= 15 is 0 Å². The first-order valence-corrected chi connectivity index (χ1v) is 21.4. The van der Waals surface area contributed by atoms with Crippen molar-refractivity contribution < 1.29 is 4.74 Å². The third kappa shape index (κ3) is 5.73.